The van der Waals surface area contributed by atoms with E-state index in [0.717, 1.165) is 11.1 Å². The molecule has 31 heavy (non-hydrogen) atoms. The number of hydrogen-bond donors (Lipinski definition) is 1. The van der Waals surface area contributed by atoms with Crippen molar-refractivity contribution in [3.8, 4) is 22.8 Å². The van der Waals surface area contributed by atoms with E-state index >= 15 is 0 Å². The number of hydrogen-bond acceptors (Lipinski definition) is 6. The number of aliphatic hydroxyl groups is 1. The second-order valence-electron chi connectivity index (χ2n) is 7.41. The SMILES string of the molecule is COc1cc2c(cc1OC)CN(C(=O)c1onc(-c3ccc(Cl)cc3)c1C(C)O)CC2. The van der Waals surface area contributed by atoms with Crippen molar-refractivity contribution in [2.75, 3.05) is 20.8 Å². The molecule has 1 aliphatic rings. The van der Waals surface area contributed by atoms with Crippen molar-refractivity contribution in [1.29, 1.82) is 0 Å². The fourth-order valence-electron chi connectivity index (χ4n) is 3.86. The van der Waals surface area contributed by atoms with Crippen LogP contribution in [0.2, 0.25) is 5.02 Å². The number of carbonyl (C=O) groups is 1. The molecule has 7 nitrogen and oxygen atoms in total. The van der Waals surface area contributed by atoms with Crippen molar-refractivity contribution in [1.82, 2.24) is 10.1 Å². The molecule has 3 aromatic rings. The van der Waals surface area contributed by atoms with Gasteiger partial charge in [-0.3, -0.25) is 4.79 Å². The van der Waals surface area contributed by atoms with E-state index in [4.69, 9.17) is 25.6 Å². The number of benzene rings is 2. The molecule has 1 aromatic heterocycles. The summed E-state index contributed by atoms with van der Waals surface area (Å²) < 4.78 is 16.2. The molecule has 0 saturated heterocycles. The number of amides is 1. The Morgan fingerprint density at radius 2 is 1.81 bits per heavy atom. The van der Waals surface area contributed by atoms with Gasteiger partial charge in [0, 0.05) is 23.7 Å². The number of halogens is 1. The van der Waals surface area contributed by atoms with Crippen molar-refractivity contribution < 1.29 is 23.9 Å². The van der Waals surface area contributed by atoms with Gasteiger partial charge in [0.2, 0.25) is 5.76 Å². The molecule has 4 rings (SSSR count). The smallest absolute Gasteiger partial charge is 0.293 e. The molecule has 8 heteroatoms. The highest BCUT2D eigenvalue weighted by Gasteiger charge is 2.31. The van der Waals surface area contributed by atoms with E-state index in [2.05, 4.69) is 5.16 Å². The van der Waals surface area contributed by atoms with Gasteiger partial charge < -0.3 is 24.0 Å². The summed E-state index contributed by atoms with van der Waals surface area (Å²) in [5.74, 6) is 1.01. The Morgan fingerprint density at radius 3 is 2.42 bits per heavy atom. The molecule has 0 fully saturated rings. The second-order valence-corrected chi connectivity index (χ2v) is 7.85. The maximum atomic E-state index is 13.3. The Bertz CT molecular complexity index is 1110. The van der Waals surface area contributed by atoms with Crippen molar-refractivity contribution in [2.24, 2.45) is 0 Å². The topological polar surface area (TPSA) is 85.0 Å². The molecule has 2 aromatic carbocycles. The van der Waals surface area contributed by atoms with Crippen LogP contribution in [0.15, 0.2) is 40.9 Å². The highest BCUT2D eigenvalue weighted by molar-refractivity contribution is 6.30. The van der Waals surface area contributed by atoms with Crippen LogP contribution in [-0.4, -0.2) is 41.8 Å². The molecule has 1 aliphatic heterocycles. The molecular weight excluding hydrogens is 420 g/mol. The third-order valence-corrected chi connectivity index (χ3v) is 5.71. The van der Waals surface area contributed by atoms with E-state index in [1.165, 1.54) is 0 Å². The standard InChI is InChI=1S/C23H23ClN2O5/c1-13(27)20-21(14-4-6-17(24)7-5-14)25-31-22(20)23(28)26-9-8-15-10-18(29-2)19(30-3)11-16(15)12-26/h4-7,10-11,13,27H,8-9,12H2,1-3H3. The molecule has 0 bridgehead atoms. The summed E-state index contributed by atoms with van der Waals surface area (Å²) in [7, 11) is 3.18. The average Bonchev–Trinajstić information content (AvgIpc) is 3.23. The number of fused-ring (bicyclic) bond motifs is 1. The molecule has 1 N–H and O–H groups in total. The van der Waals surface area contributed by atoms with Crippen LogP contribution in [0.5, 0.6) is 11.5 Å². The first-order valence-corrected chi connectivity index (χ1v) is 10.3. The van der Waals surface area contributed by atoms with E-state index in [1.807, 2.05) is 12.1 Å². The van der Waals surface area contributed by atoms with Crippen LogP contribution >= 0.6 is 11.6 Å². The summed E-state index contributed by atoms with van der Waals surface area (Å²) in [4.78, 5) is 15.0. The Labute approximate surface area is 185 Å². The number of rotatable bonds is 5. The molecule has 1 unspecified atom stereocenters. The molecule has 0 aliphatic carbocycles. The molecule has 162 valence electrons. The highest BCUT2D eigenvalue weighted by Crippen LogP contribution is 2.35. The predicted molar refractivity (Wildman–Crippen MR) is 116 cm³/mol. The van der Waals surface area contributed by atoms with Crippen LogP contribution < -0.4 is 9.47 Å². The van der Waals surface area contributed by atoms with Gasteiger partial charge in [0.25, 0.3) is 5.91 Å². The largest absolute Gasteiger partial charge is 0.493 e. The first kappa shape index (κ1) is 21.2. The monoisotopic (exact) mass is 442 g/mol. The summed E-state index contributed by atoms with van der Waals surface area (Å²) in [6.07, 6.45) is -0.263. The van der Waals surface area contributed by atoms with Crippen molar-refractivity contribution in [3.05, 3.63) is 63.9 Å². The van der Waals surface area contributed by atoms with E-state index in [-0.39, 0.29) is 11.7 Å². The summed E-state index contributed by atoms with van der Waals surface area (Å²) >= 11 is 5.97. The molecule has 0 spiro atoms. The maximum Gasteiger partial charge on any atom is 0.293 e. The lowest BCUT2D eigenvalue weighted by atomic mass is 9.97. The zero-order chi connectivity index (χ0) is 22.1. The minimum atomic E-state index is -0.933. The number of ether oxygens (including phenoxy) is 2. The number of aliphatic hydroxyl groups excluding tert-OH is 1. The first-order valence-electron chi connectivity index (χ1n) is 9.89. The second kappa shape index (κ2) is 8.61. The van der Waals surface area contributed by atoms with Gasteiger partial charge in [0.15, 0.2) is 11.5 Å². The van der Waals surface area contributed by atoms with Crippen LogP contribution in [0.3, 0.4) is 0 Å². The summed E-state index contributed by atoms with van der Waals surface area (Å²) in [6.45, 7) is 2.49. The number of carbonyl (C=O) groups excluding carboxylic acids is 1. The van der Waals surface area contributed by atoms with Gasteiger partial charge >= 0.3 is 0 Å². The maximum absolute atomic E-state index is 13.3. The quantitative estimate of drug-likeness (QED) is 0.635. The van der Waals surface area contributed by atoms with Crippen LogP contribution in [0.4, 0.5) is 0 Å². The Kier molecular flexibility index (Phi) is 5.89. The van der Waals surface area contributed by atoms with E-state index in [9.17, 15) is 9.90 Å². The average molecular weight is 443 g/mol. The van der Waals surface area contributed by atoms with Crippen molar-refractivity contribution >= 4 is 17.5 Å². The molecular formula is C23H23ClN2O5. The lowest BCUT2D eigenvalue weighted by molar-refractivity contribution is 0.0684. The fourth-order valence-corrected chi connectivity index (χ4v) is 3.98. The van der Waals surface area contributed by atoms with Gasteiger partial charge in [-0.15, -0.1) is 0 Å². The number of aromatic nitrogens is 1. The zero-order valence-electron chi connectivity index (χ0n) is 17.5. The molecule has 1 atom stereocenters. The van der Waals surface area contributed by atoms with Crippen LogP contribution in [0.25, 0.3) is 11.3 Å². The van der Waals surface area contributed by atoms with Gasteiger partial charge in [-0.05, 0) is 48.7 Å². The first-order chi connectivity index (χ1) is 14.9. The molecule has 2 heterocycles. The Hall–Kier alpha value is -3.03. The number of nitrogens with zero attached hydrogens (tertiary/aromatic N) is 2. The summed E-state index contributed by atoms with van der Waals surface area (Å²) in [5, 5.41) is 15.1. The van der Waals surface area contributed by atoms with Gasteiger partial charge in [-0.1, -0.05) is 28.9 Å². The third-order valence-electron chi connectivity index (χ3n) is 5.46. The van der Waals surface area contributed by atoms with E-state index in [1.54, 1.807) is 50.3 Å². The third kappa shape index (κ3) is 3.98. The van der Waals surface area contributed by atoms with Crippen LogP contribution in [-0.2, 0) is 13.0 Å². The normalized spacial score (nSPS) is 14.2. The van der Waals surface area contributed by atoms with E-state index < -0.39 is 6.10 Å². The Balaban J connectivity index is 1.65. The summed E-state index contributed by atoms with van der Waals surface area (Å²) in [5.41, 5.74) is 3.60. The molecule has 1 amide bonds. The Morgan fingerprint density at radius 1 is 1.16 bits per heavy atom. The minimum Gasteiger partial charge on any atom is -0.493 e. The fraction of sp³-hybridized carbons (Fsp3) is 0.304. The van der Waals surface area contributed by atoms with Crippen molar-refractivity contribution in [2.45, 2.75) is 26.0 Å². The minimum absolute atomic E-state index is 0.0453. The van der Waals surface area contributed by atoms with Crippen molar-refractivity contribution in [3.63, 3.8) is 0 Å². The lowest BCUT2D eigenvalue weighted by Gasteiger charge is -2.29. The highest BCUT2D eigenvalue weighted by atomic mass is 35.5. The predicted octanol–water partition coefficient (Wildman–Crippen LogP) is 4.26. The molecule has 0 radical (unpaired) electrons. The van der Waals surface area contributed by atoms with Gasteiger partial charge in [-0.2, -0.15) is 0 Å². The summed E-state index contributed by atoms with van der Waals surface area (Å²) in [6, 6.07) is 10.8. The van der Waals surface area contributed by atoms with Crippen LogP contribution in [0.1, 0.15) is 40.3 Å². The van der Waals surface area contributed by atoms with Gasteiger partial charge in [-0.25, -0.2) is 0 Å². The van der Waals surface area contributed by atoms with Gasteiger partial charge in [0.05, 0.1) is 25.9 Å². The molecule has 0 saturated carbocycles. The zero-order valence-corrected chi connectivity index (χ0v) is 18.3. The van der Waals surface area contributed by atoms with E-state index in [0.29, 0.717) is 52.9 Å². The van der Waals surface area contributed by atoms with Gasteiger partial charge in [0.1, 0.15) is 5.69 Å². The number of methoxy groups -OCH3 is 2. The van der Waals surface area contributed by atoms with Crippen LogP contribution in [0, 0.1) is 0 Å². The lowest BCUT2D eigenvalue weighted by Crippen LogP contribution is -2.36.